The predicted octanol–water partition coefficient (Wildman–Crippen LogP) is -0.315. The second-order valence-corrected chi connectivity index (χ2v) is 7.06. The fourth-order valence-electron chi connectivity index (χ4n) is 2.49. The summed E-state index contributed by atoms with van der Waals surface area (Å²) < 4.78 is 26.2. The molecular formula is C14H13N9O2S. The SMILES string of the molecule is Nc1ncnc2c1ncn2Cc1cn(-c2cccc(S(N)(=O)=O)c2)nn1. The van der Waals surface area contributed by atoms with E-state index < -0.39 is 10.0 Å². The van der Waals surface area contributed by atoms with Crippen molar-refractivity contribution in [3.8, 4) is 5.69 Å². The molecule has 0 atom stereocenters. The Hall–Kier alpha value is -3.38. The van der Waals surface area contributed by atoms with Crippen molar-refractivity contribution >= 4 is 27.0 Å². The average molecular weight is 371 g/mol. The van der Waals surface area contributed by atoms with E-state index in [0.717, 1.165) is 0 Å². The Morgan fingerprint density at radius 1 is 1.15 bits per heavy atom. The third-order valence-electron chi connectivity index (χ3n) is 3.71. The summed E-state index contributed by atoms with van der Waals surface area (Å²) in [7, 11) is -3.80. The monoisotopic (exact) mass is 371 g/mol. The third-order valence-corrected chi connectivity index (χ3v) is 4.62. The van der Waals surface area contributed by atoms with Gasteiger partial charge in [-0.2, -0.15) is 0 Å². The van der Waals surface area contributed by atoms with Gasteiger partial charge in [-0.3, -0.25) is 0 Å². The number of nitrogen functional groups attached to an aromatic ring is 1. The Bertz CT molecular complexity index is 1210. The zero-order chi connectivity index (χ0) is 18.3. The van der Waals surface area contributed by atoms with E-state index in [-0.39, 0.29) is 4.90 Å². The number of aromatic nitrogens is 7. The largest absolute Gasteiger partial charge is 0.382 e. The molecule has 0 spiro atoms. The summed E-state index contributed by atoms with van der Waals surface area (Å²) in [5, 5.41) is 13.3. The number of benzene rings is 1. The number of imidazole rings is 1. The first-order valence-corrected chi connectivity index (χ1v) is 8.92. The lowest BCUT2D eigenvalue weighted by molar-refractivity contribution is 0.597. The Morgan fingerprint density at radius 2 is 2.00 bits per heavy atom. The minimum absolute atomic E-state index is 0.000159. The number of hydrogen-bond donors (Lipinski definition) is 2. The standard InChI is InChI=1S/C14H13N9O2S/c15-13-12-14(18-7-17-13)22(8-19-12)5-9-6-23(21-20-9)10-2-1-3-11(4-10)26(16,24)25/h1-4,6-8H,5H2,(H2,15,17,18)(H2,16,24,25). The molecule has 0 amide bonds. The van der Waals surface area contributed by atoms with Gasteiger partial charge in [0, 0.05) is 0 Å². The van der Waals surface area contributed by atoms with Gasteiger partial charge in [0.2, 0.25) is 10.0 Å². The third kappa shape index (κ3) is 2.87. The molecule has 0 fully saturated rings. The van der Waals surface area contributed by atoms with Crippen LogP contribution in [0.5, 0.6) is 0 Å². The van der Waals surface area contributed by atoms with Gasteiger partial charge in [0.25, 0.3) is 0 Å². The van der Waals surface area contributed by atoms with E-state index in [2.05, 4.69) is 25.3 Å². The van der Waals surface area contributed by atoms with Gasteiger partial charge in [-0.25, -0.2) is 33.2 Å². The lowest BCUT2D eigenvalue weighted by Gasteiger charge is -2.03. The zero-order valence-corrected chi connectivity index (χ0v) is 14.1. The molecule has 12 heteroatoms. The second-order valence-electron chi connectivity index (χ2n) is 5.50. The van der Waals surface area contributed by atoms with E-state index in [1.54, 1.807) is 29.2 Å². The first-order valence-electron chi connectivity index (χ1n) is 7.37. The lowest BCUT2D eigenvalue weighted by Crippen LogP contribution is -2.12. The van der Waals surface area contributed by atoms with Crippen molar-refractivity contribution in [3.63, 3.8) is 0 Å². The molecule has 4 aromatic rings. The van der Waals surface area contributed by atoms with Crippen LogP contribution in [0.4, 0.5) is 5.82 Å². The summed E-state index contributed by atoms with van der Waals surface area (Å²) in [5.41, 5.74) is 8.03. The molecule has 1 aromatic carbocycles. The van der Waals surface area contributed by atoms with E-state index >= 15 is 0 Å². The maximum atomic E-state index is 11.5. The first-order chi connectivity index (χ1) is 12.4. The van der Waals surface area contributed by atoms with Gasteiger partial charge in [0.15, 0.2) is 11.5 Å². The van der Waals surface area contributed by atoms with Crippen LogP contribution in [0, 0.1) is 0 Å². The van der Waals surface area contributed by atoms with E-state index in [0.29, 0.717) is 34.9 Å². The minimum Gasteiger partial charge on any atom is -0.382 e. The minimum atomic E-state index is -3.80. The first kappa shape index (κ1) is 16.1. The van der Waals surface area contributed by atoms with Crippen molar-refractivity contribution in [2.75, 3.05) is 5.73 Å². The Labute approximate surface area is 147 Å². The summed E-state index contributed by atoms with van der Waals surface area (Å²) in [6.45, 7) is 0.363. The number of nitrogens with zero attached hydrogens (tertiary/aromatic N) is 7. The highest BCUT2D eigenvalue weighted by molar-refractivity contribution is 7.89. The van der Waals surface area contributed by atoms with Crippen molar-refractivity contribution in [1.29, 1.82) is 0 Å². The van der Waals surface area contributed by atoms with Gasteiger partial charge in [-0.1, -0.05) is 11.3 Å². The molecule has 0 saturated carbocycles. The molecule has 4 rings (SSSR count). The van der Waals surface area contributed by atoms with Crippen LogP contribution in [0.15, 0.2) is 48.0 Å². The second kappa shape index (κ2) is 5.86. The topological polar surface area (TPSA) is 160 Å². The van der Waals surface area contributed by atoms with Crippen LogP contribution < -0.4 is 10.9 Å². The number of sulfonamides is 1. The molecular weight excluding hydrogens is 358 g/mol. The van der Waals surface area contributed by atoms with Crippen molar-refractivity contribution in [1.82, 2.24) is 34.5 Å². The van der Waals surface area contributed by atoms with Crippen molar-refractivity contribution < 1.29 is 8.42 Å². The molecule has 0 unspecified atom stereocenters. The van der Waals surface area contributed by atoms with Crippen molar-refractivity contribution in [3.05, 3.63) is 48.8 Å². The van der Waals surface area contributed by atoms with Gasteiger partial charge in [0.1, 0.15) is 17.5 Å². The van der Waals surface area contributed by atoms with Crippen molar-refractivity contribution in [2.24, 2.45) is 5.14 Å². The van der Waals surface area contributed by atoms with Gasteiger partial charge >= 0.3 is 0 Å². The molecule has 0 saturated heterocycles. The Kier molecular flexibility index (Phi) is 3.63. The Balaban J connectivity index is 1.65. The smallest absolute Gasteiger partial charge is 0.238 e. The van der Waals surface area contributed by atoms with E-state index in [4.69, 9.17) is 10.9 Å². The van der Waals surface area contributed by atoms with Crippen molar-refractivity contribution in [2.45, 2.75) is 11.4 Å². The van der Waals surface area contributed by atoms with Crippen LogP contribution in [-0.2, 0) is 16.6 Å². The maximum absolute atomic E-state index is 11.5. The van der Waals surface area contributed by atoms with Crippen LogP contribution in [0.1, 0.15) is 5.69 Å². The van der Waals surface area contributed by atoms with E-state index in [1.807, 2.05) is 0 Å². The molecule has 0 radical (unpaired) electrons. The molecule has 132 valence electrons. The van der Waals surface area contributed by atoms with Crippen LogP contribution in [-0.4, -0.2) is 42.9 Å². The molecule has 0 aliphatic carbocycles. The number of primary sulfonamides is 1. The maximum Gasteiger partial charge on any atom is 0.238 e. The highest BCUT2D eigenvalue weighted by Gasteiger charge is 2.12. The summed E-state index contributed by atoms with van der Waals surface area (Å²) in [5.74, 6) is 0.303. The van der Waals surface area contributed by atoms with Crippen LogP contribution >= 0.6 is 0 Å². The molecule has 26 heavy (non-hydrogen) atoms. The highest BCUT2D eigenvalue weighted by Crippen LogP contribution is 2.16. The van der Waals surface area contributed by atoms with Gasteiger partial charge in [-0.05, 0) is 18.2 Å². The van der Waals surface area contributed by atoms with Crippen LogP contribution in [0.25, 0.3) is 16.9 Å². The zero-order valence-electron chi connectivity index (χ0n) is 13.3. The van der Waals surface area contributed by atoms with Gasteiger partial charge in [0.05, 0.1) is 29.7 Å². The van der Waals surface area contributed by atoms with Crippen LogP contribution in [0.2, 0.25) is 0 Å². The lowest BCUT2D eigenvalue weighted by atomic mass is 10.3. The molecule has 0 aliphatic rings. The van der Waals surface area contributed by atoms with Crippen LogP contribution in [0.3, 0.4) is 0 Å². The van der Waals surface area contributed by atoms with E-state index in [1.165, 1.54) is 23.1 Å². The summed E-state index contributed by atoms with van der Waals surface area (Å²) in [4.78, 5) is 12.3. The predicted molar refractivity (Wildman–Crippen MR) is 91.6 cm³/mol. The molecule has 0 aliphatic heterocycles. The molecule has 0 bridgehead atoms. The quantitative estimate of drug-likeness (QED) is 0.493. The number of hydrogen-bond acceptors (Lipinski definition) is 8. The number of fused-ring (bicyclic) bond motifs is 1. The Morgan fingerprint density at radius 3 is 2.81 bits per heavy atom. The number of anilines is 1. The van der Waals surface area contributed by atoms with Gasteiger partial charge in [-0.15, -0.1) is 5.10 Å². The van der Waals surface area contributed by atoms with E-state index in [9.17, 15) is 8.42 Å². The summed E-state index contributed by atoms with van der Waals surface area (Å²) >= 11 is 0. The molecule has 3 aromatic heterocycles. The summed E-state index contributed by atoms with van der Waals surface area (Å²) in [6, 6.07) is 6.12. The average Bonchev–Trinajstić information content (AvgIpc) is 3.23. The number of nitrogens with two attached hydrogens (primary N) is 2. The van der Waals surface area contributed by atoms with Gasteiger partial charge < -0.3 is 10.3 Å². The highest BCUT2D eigenvalue weighted by atomic mass is 32.2. The molecule has 4 N–H and O–H groups in total. The molecule has 3 heterocycles. The summed E-state index contributed by atoms with van der Waals surface area (Å²) in [6.07, 6.45) is 4.64. The molecule has 11 nitrogen and oxygen atoms in total. The normalized spacial score (nSPS) is 11.9. The fraction of sp³-hybridized carbons (Fsp3) is 0.0714. The number of rotatable bonds is 4. The fourth-order valence-corrected chi connectivity index (χ4v) is 3.04.